The number of thiazole rings is 1. The van der Waals surface area contributed by atoms with Crippen LogP contribution in [0.3, 0.4) is 0 Å². The van der Waals surface area contributed by atoms with Gasteiger partial charge in [-0.05, 0) is 38.5 Å². The number of carbonyl (C=O) groups is 1. The first kappa shape index (κ1) is 14.3. The van der Waals surface area contributed by atoms with Crippen molar-refractivity contribution in [3.63, 3.8) is 0 Å². The molecule has 0 atom stereocenters. The van der Waals surface area contributed by atoms with Crippen LogP contribution in [0.4, 0.5) is 5.13 Å². The Morgan fingerprint density at radius 3 is 2.53 bits per heavy atom. The van der Waals surface area contributed by atoms with Crippen LogP contribution >= 0.6 is 11.3 Å². The van der Waals surface area contributed by atoms with E-state index in [0.717, 1.165) is 15.9 Å². The van der Waals surface area contributed by atoms with Crippen LogP contribution in [0.1, 0.15) is 54.4 Å². The van der Waals surface area contributed by atoms with Crippen LogP contribution in [0.25, 0.3) is 0 Å². The number of aryl methyl sites for hydroxylation is 1. The predicted molar refractivity (Wildman–Crippen MR) is 78.3 cm³/mol. The Hall–Kier alpha value is -1.10. The van der Waals surface area contributed by atoms with E-state index in [9.17, 15) is 4.79 Å². The fourth-order valence-corrected chi connectivity index (χ4v) is 3.76. The SMILES string of the molecule is CCC1CCC(N(C)c2nc(C(=O)O)c(C)s2)CC1. The van der Waals surface area contributed by atoms with E-state index in [2.05, 4.69) is 16.8 Å². The van der Waals surface area contributed by atoms with Gasteiger partial charge in [0.1, 0.15) is 0 Å². The number of hydrogen-bond acceptors (Lipinski definition) is 4. The highest BCUT2D eigenvalue weighted by Crippen LogP contribution is 2.33. The van der Waals surface area contributed by atoms with Crippen LogP contribution in [-0.4, -0.2) is 29.1 Å². The van der Waals surface area contributed by atoms with Gasteiger partial charge in [-0.2, -0.15) is 0 Å². The molecule has 5 heteroatoms. The van der Waals surface area contributed by atoms with Crippen LogP contribution in [0.5, 0.6) is 0 Å². The third-order valence-electron chi connectivity index (χ3n) is 4.23. The molecule has 106 valence electrons. The summed E-state index contributed by atoms with van der Waals surface area (Å²) in [5.74, 6) is -0.0552. The van der Waals surface area contributed by atoms with Crippen molar-refractivity contribution in [1.82, 2.24) is 4.98 Å². The third kappa shape index (κ3) is 3.08. The molecule has 1 saturated carbocycles. The standard InChI is InChI=1S/C14H22N2O2S/c1-4-10-5-7-11(8-6-10)16(3)14-15-12(13(17)18)9(2)19-14/h10-11H,4-8H2,1-3H3,(H,17,18). The number of anilines is 1. The summed E-state index contributed by atoms with van der Waals surface area (Å²) in [5, 5.41) is 9.91. The first-order valence-corrected chi connectivity index (χ1v) is 7.78. The Morgan fingerprint density at radius 1 is 1.42 bits per heavy atom. The summed E-state index contributed by atoms with van der Waals surface area (Å²) in [6.45, 7) is 4.09. The van der Waals surface area contributed by atoms with E-state index < -0.39 is 5.97 Å². The lowest BCUT2D eigenvalue weighted by atomic mass is 9.84. The van der Waals surface area contributed by atoms with Crippen LogP contribution in [0.2, 0.25) is 0 Å². The highest BCUT2D eigenvalue weighted by Gasteiger charge is 2.26. The van der Waals surface area contributed by atoms with Crippen molar-refractivity contribution in [2.75, 3.05) is 11.9 Å². The van der Waals surface area contributed by atoms with Crippen LogP contribution in [0, 0.1) is 12.8 Å². The predicted octanol–water partition coefficient (Wildman–Crippen LogP) is 3.55. The number of aromatic carboxylic acids is 1. The van der Waals surface area contributed by atoms with Crippen molar-refractivity contribution in [3.8, 4) is 0 Å². The summed E-state index contributed by atoms with van der Waals surface area (Å²) in [4.78, 5) is 18.3. The van der Waals surface area contributed by atoms with Crippen molar-refractivity contribution in [2.45, 2.75) is 52.0 Å². The summed E-state index contributed by atoms with van der Waals surface area (Å²) in [7, 11) is 2.04. The molecule has 1 aliphatic rings. The molecule has 1 fully saturated rings. The molecule has 0 saturated heterocycles. The van der Waals surface area contributed by atoms with Gasteiger partial charge in [0.15, 0.2) is 10.8 Å². The molecule has 0 amide bonds. The molecule has 1 aromatic heterocycles. The fraction of sp³-hybridized carbons (Fsp3) is 0.714. The molecular weight excluding hydrogens is 260 g/mol. The molecule has 2 rings (SSSR count). The number of carboxylic acids is 1. The molecule has 0 unspecified atom stereocenters. The number of carboxylic acid groups (broad SMARTS) is 1. The Bertz CT molecular complexity index is 450. The molecule has 1 aliphatic carbocycles. The molecule has 1 heterocycles. The largest absolute Gasteiger partial charge is 0.476 e. The molecule has 0 bridgehead atoms. The van der Waals surface area contributed by atoms with Crippen molar-refractivity contribution in [1.29, 1.82) is 0 Å². The monoisotopic (exact) mass is 282 g/mol. The minimum absolute atomic E-state index is 0.203. The van der Waals surface area contributed by atoms with Gasteiger partial charge in [-0.3, -0.25) is 0 Å². The van der Waals surface area contributed by atoms with Crippen LogP contribution in [0.15, 0.2) is 0 Å². The molecule has 1 N–H and O–H groups in total. The number of hydrogen-bond donors (Lipinski definition) is 1. The van der Waals surface area contributed by atoms with E-state index in [-0.39, 0.29) is 5.69 Å². The average molecular weight is 282 g/mol. The van der Waals surface area contributed by atoms with Crippen molar-refractivity contribution >= 4 is 22.4 Å². The Kier molecular flexibility index (Phi) is 4.45. The van der Waals surface area contributed by atoms with Gasteiger partial charge in [-0.25, -0.2) is 9.78 Å². The Labute approximate surface area is 118 Å². The fourth-order valence-electron chi connectivity index (χ4n) is 2.83. The van der Waals surface area contributed by atoms with Gasteiger partial charge < -0.3 is 10.0 Å². The van der Waals surface area contributed by atoms with Gasteiger partial charge in [0.05, 0.1) is 0 Å². The van der Waals surface area contributed by atoms with E-state index >= 15 is 0 Å². The molecule has 0 radical (unpaired) electrons. The molecule has 0 aromatic carbocycles. The molecule has 0 aliphatic heterocycles. The van der Waals surface area contributed by atoms with Gasteiger partial charge in [-0.15, -0.1) is 11.3 Å². The first-order chi connectivity index (χ1) is 9.02. The quantitative estimate of drug-likeness (QED) is 0.917. The third-order valence-corrected chi connectivity index (χ3v) is 5.29. The van der Waals surface area contributed by atoms with Gasteiger partial charge in [0.25, 0.3) is 0 Å². The van der Waals surface area contributed by atoms with Gasteiger partial charge in [0.2, 0.25) is 0 Å². The number of rotatable bonds is 4. The molecular formula is C14H22N2O2S. The summed E-state index contributed by atoms with van der Waals surface area (Å²) in [5.41, 5.74) is 0.203. The molecule has 1 aromatic rings. The Morgan fingerprint density at radius 2 is 2.05 bits per heavy atom. The maximum Gasteiger partial charge on any atom is 0.355 e. The molecule has 0 spiro atoms. The van der Waals surface area contributed by atoms with Crippen molar-refractivity contribution in [2.24, 2.45) is 5.92 Å². The summed E-state index contributed by atoms with van der Waals surface area (Å²) >= 11 is 1.48. The number of aromatic nitrogens is 1. The van der Waals surface area contributed by atoms with Gasteiger partial charge in [-0.1, -0.05) is 13.3 Å². The average Bonchev–Trinajstić information content (AvgIpc) is 2.80. The first-order valence-electron chi connectivity index (χ1n) is 6.96. The van der Waals surface area contributed by atoms with Crippen LogP contribution in [-0.2, 0) is 0 Å². The van der Waals surface area contributed by atoms with E-state index in [1.807, 2.05) is 14.0 Å². The van der Waals surface area contributed by atoms with E-state index in [1.54, 1.807) is 0 Å². The lowest BCUT2D eigenvalue weighted by molar-refractivity contribution is 0.0690. The number of nitrogens with zero attached hydrogens (tertiary/aromatic N) is 2. The van der Waals surface area contributed by atoms with Crippen molar-refractivity contribution < 1.29 is 9.90 Å². The zero-order valence-corrected chi connectivity index (χ0v) is 12.7. The van der Waals surface area contributed by atoms with Gasteiger partial charge >= 0.3 is 5.97 Å². The lowest BCUT2D eigenvalue weighted by Gasteiger charge is -2.34. The zero-order valence-electron chi connectivity index (χ0n) is 11.8. The second kappa shape index (κ2) is 5.90. The highest BCUT2D eigenvalue weighted by molar-refractivity contribution is 7.15. The summed E-state index contributed by atoms with van der Waals surface area (Å²) in [6.07, 6.45) is 6.21. The maximum absolute atomic E-state index is 11.0. The lowest BCUT2D eigenvalue weighted by Crippen LogP contribution is -2.35. The normalized spacial score (nSPS) is 23.3. The minimum Gasteiger partial charge on any atom is -0.476 e. The second-order valence-electron chi connectivity index (χ2n) is 5.40. The minimum atomic E-state index is -0.928. The van der Waals surface area contributed by atoms with E-state index in [4.69, 9.17) is 5.11 Å². The van der Waals surface area contributed by atoms with E-state index in [0.29, 0.717) is 6.04 Å². The highest BCUT2D eigenvalue weighted by atomic mass is 32.1. The second-order valence-corrected chi connectivity index (χ2v) is 6.58. The van der Waals surface area contributed by atoms with Crippen molar-refractivity contribution in [3.05, 3.63) is 10.6 Å². The summed E-state index contributed by atoms with van der Waals surface area (Å²) < 4.78 is 0. The van der Waals surface area contributed by atoms with E-state index in [1.165, 1.54) is 43.4 Å². The van der Waals surface area contributed by atoms with Gasteiger partial charge in [0, 0.05) is 18.0 Å². The maximum atomic E-state index is 11.0. The topological polar surface area (TPSA) is 53.4 Å². The van der Waals surface area contributed by atoms with Crippen LogP contribution < -0.4 is 4.90 Å². The smallest absolute Gasteiger partial charge is 0.355 e. The summed E-state index contributed by atoms with van der Waals surface area (Å²) in [6, 6.07) is 0.509. The molecule has 19 heavy (non-hydrogen) atoms. The Balaban J connectivity index is 2.06. The zero-order chi connectivity index (χ0) is 14.0. The molecule has 4 nitrogen and oxygen atoms in total.